The number of nitrogens with zero attached hydrogens (tertiary/aromatic N) is 1. The van der Waals surface area contributed by atoms with E-state index < -0.39 is 10.5 Å². The van der Waals surface area contributed by atoms with Gasteiger partial charge in [0.1, 0.15) is 5.60 Å². The molecule has 0 spiro atoms. The van der Waals surface area contributed by atoms with Crippen molar-refractivity contribution in [3.63, 3.8) is 0 Å². The van der Waals surface area contributed by atoms with Crippen LogP contribution in [0.2, 0.25) is 0 Å². The minimum Gasteiger partial charge on any atom is -0.365 e. The SMILES string of the molecule is CC1(C(=O)Nc2ccc([N+](=O)[O-])c(Br)c2)CCCO1. The van der Waals surface area contributed by atoms with Crippen LogP contribution in [0.25, 0.3) is 0 Å². The third kappa shape index (κ3) is 2.93. The van der Waals surface area contributed by atoms with Gasteiger partial charge in [-0.3, -0.25) is 14.9 Å². The van der Waals surface area contributed by atoms with Crippen molar-refractivity contribution < 1.29 is 14.5 Å². The number of ether oxygens (including phenoxy) is 1. The first kappa shape index (κ1) is 14.0. The van der Waals surface area contributed by atoms with Crippen LogP contribution in [0.3, 0.4) is 0 Å². The van der Waals surface area contributed by atoms with E-state index in [0.29, 0.717) is 23.2 Å². The average molecular weight is 329 g/mol. The Morgan fingerprint density at radius 3 is 2.84 bits per heavy atom. The molecule has 1 saturated heterocycles. The molecule has 0 aromatic heterocycles. The minimum absolute atomic E-state index is 0.0404. The highest BCUT2D eigenvalue weighted by Gasteiger charge is 2.37. The second-order valence-corrected chi connectivity index (χ2v) is 5.41. The van der Waals surface area contributed by atoms with Gasteiger partial charge in [-0.2, -0.15) is 0 Å². The maximum absolute atomic E-state index is 12.1. The Hall–Kier alpha value is -1.47. The maximum atomic E-state index is 12.1. The van der Waals surface area contributed by atoms with Crippen LogP contribution in [0.4, 0.5) is 11.4 Å². The summed E-state index contributed by atoms with van der Waals surface area (Å²) < 4.78 is 5.76. The molecular formula is C12H13BrN2O4. The molecule has 6 nitrogen and oxygen atoms in total. The molecule has 1 aromatic carbocycles. The monoisotopic (exact) mass is 328 g/mol. The van der Waals surface area contributed by atoms with Gasteiger partial charge in [0.15, 0.2) is 0 Å². The van der Waals surface area contributed by atoms with E-state index in [4.69, 9.17) is 4.74 Å². The second kappa shape index (κ2) is 5.26. The van der Waals surface area contributed by atoms with E-state index in [0.717, 1.165) is 6.42 Å². The van der Waals surface area contributed by atoms with Crippen LogP contribution in [-0.4, -0.2) is 23.0 Å². The predicted octanol–water partition coefficient (Wildman–Crippen LogP) is 2.86. The van der Waals surface area contributed by atoms with E-state index in [1.165, 1.54) is 18.2 Å². The summed E-state index contributed by atoms with van der Waals surface area (Å²) in [7, 11) is 0. The summed E-state index contributed by atoms with van der Waals surface area (Å²) >= 11 is 3.11. The van der Waals surface area contributed by atoms with Crippen molar-refractivity contribution in [1.82, 2.24) is 0 Å². The number of rotatable bonds is 3. The lowest BCUT2D eigenvalue weighted by atomic mass is 10.0. The standard InChI is InChI=1S/C12H13BrN2O4/c1-12(5-2-6-19-12)11(16)14-8-3-4-10(15(17)18)9(13)7-8/h3-4,7H,2,5-6H2,1H3,(H,14,16). The van der Waals surface area contributed by atoms with E-state index in [2.05, 4.69) is 21.2 Å². The number of hydrogen-bond acceptors (Lipinski definition) is 4. The number of nitrogens with one attached hydrogen (secondary N) is 1. The fraction of sp³-hybridized carbons (Fsp3) is 0.417. The number of nitro benzene ring substituents is 1. The van der Waals surface area contributed by atoms with Crippen molar-refractivity contribution in [1.29, 1.82) is 0 Å². The molecule has 1 fully saturated rings. The van der Waals surface area contributed by atoms with Gasteiger partial charge < -0.3 is 10.1 Å². The molecule has 1 heterocycles. The van der Waals surface area contributed by atoms with Crippen molar-refractivity contribution >= 4 is 33.2 Å². The lowest BCUT2D eigenvalue weighted by Crippen LogP contribution is -2.39. The Kier molecular flexibility index (Phi) is 3.86. The molecule has 102 valence electrons. The summed E-state index contributed by atoms with van der Waals surface area (Å²) in [6, 6.07) is 4.35. The van der Waals surface area contributed by atoms with Gasteiger partial charge in [0.2, 0.25) is 0 Å². The molecule has 19 heavy (non-hydrogen) atoms. The van der Waals surface area contributed by atoms with Gasteiger partial charge in [-0.25, -0.2) is 0 Å². The molecule has 1 N–H and O–H groups in total. The van der Waals surface area contributed by atoms with E-state index in [1.54, 1.807) is 6.92 Å². The van der Waals surface area contributed by atoms with E-state index >= 15 is 0 Å². The van der Waals surface area contributed by atoms with Crippen LogP contribution in [0.1, 0.15) is 19.8 Å². The van der Waals surface area contributed by atoms with Gasteiger partial charge >= 0.3 is 0 Å². The van der Waals surface area contributed by atoms with Crippen LogP contribution in [-0.2, 0) is 9.53 Å². The smallest absolute Gasteiger partial charge is 0.283 e. The van der Waals surface area contributed by atoms with Crippen molar-refractivity contribution in [2.24, 2.45) is 0 Å². The van der Waals surface area contributed by atoms with E-state index in [1.807, 2.05) is 0 Å². The van der Waals surface area contributed by atoms with Crippen LogP contribution in [0.5, 0.6) is 0 Å². The zero-order chi connectivity index (χ0) is 14.0. The number of nitro groups is 1. The molecule has 1 atom stereocenters. The van der Waals surface area contributed by atoms with Crippen LogP contribution in [0.15, 0.2) is 22.7 Å². The zero-order valence-corrected chi connectivity index (χ0v) is 11.9. The van der Waals surface area contributed by atoms with Gasteiger partial charge in [-0.1, -0.05) is 0 Å². The molecule has 1 aromatic rings. The second-order valence-electron chi connectivity index (χ2n) is 4.56. The fourth-order valence-corrected chi connectivity index (χ4v) is 2.48. The summed E-state index contributed by atoms with van der Waals surface area (Å²) in [6.45, 7) is 2.32. The highest BCUT2D eigenvalue weighted by atomic mass is 79.9. The number of hydrogen-bond donors (Lipinski definition) is 1. The Balaban J connectivity index is 2.13. The third-order valence-electron chi connectivity index (χ3n) is 3.10. The molecule has 1 aliphatic rings. The average Bonchev–Trinajstić information content (AvgIpc) is 2.77. The van der Waals surface area contributed by atoms with Crippen molar-refractivity contribution in [3.8, 4) is 0 Å². The van der Waals surface area contributed by atoms with Crippen molar-refractivity contribution in [2.45, 2.75) is 25.4 Å². The number of amides is 1. The number of benzene rings is 1. The molecule has 0 bridgehead atoms. The normalized spacial score (nSPS) is 22.2. The Morgan fingerprint density at radius 1 is 1.58 bits per heavy atom. The quantitative estimate of drug-likeness (QED) is 0.683. The van der Waals surface area contributed by atoms with Crippen molar-refractivity contribution in [3.05, 3.63) is 32.8 Å². The van der Waals surface area contributed by atoms with E-state index in [9.17, 15) is 14.9 Å². The Labute approximate surface area is 118 Å². The summed E-state index contributed by atoms with van der Waals surface area (Å²) in [6.07, 6.45) is 1.53. The highest BCUT2D eigenvalue weighted by Crippen LogP contribution is 2.30. The molecule has 0 aliphatic carbocycles. The molecule has 0 radical (unpaired) electrons. The van der Waals surface area contributed by atoms with Gasteiger partial charge in [0.05, 0.1) is 9.40 Å². The summed E-state index contributed by atoms with van der Waals surface area (Å²) in [5.41, 5.74) is -0.352. The van der Waals surface area contributed by atoms with Gasteiger partial charge in [0.25, 0.3) is 11.6 Å². The Bertz CT molecular complexity index is 526. The molecule has 1 aliphatic heterocycles. The van der Waals surface area contributed by atoms with Gasteiger partial charge in [0, 0.05) is 18.4 Å². The fourth-order valence-electron chi connectivity index (χ4n) is 1.95. The minimum atomic E-state index is -0.811. The molecule has 1 amide bonds. The van der Waals surface area contributed by atoms with Crippen LogP contribution < -0.4 is 5.32 Å². The largest absolute Gasteiger partial charge is 0.365 e. The lowest BCUT2D eigenvalue weighted by molar-refractivity contribution is -0.385. The molecular weight excluding hydrogens is 316 g/mol. The third-order valence-corrected chi connectivity index (χ3v) is 3.74. The van der Waals surface area contributed by atoms with Crippen LogP contribution in [0, 0.1) is 10.1 Å². The predicted molar refractivity (Wildman–Crippen MR) is 73.0 cm³/mol. The summed E-state index contributed by atoms with van der Waals surface area (Å²) in [4.78, 5) is 22.3. The molecule has 7 heteroatoms. The van der Waals surface area contributed by atoms with Crippen LogP contribution >= 0.6 is 15.9 Å². The van der Waals surface area contributed by atoms with Crippen molar-refractivity contribution in [2.75, 3.05) is 11.9 Å². The molecule has 2 rings (SSSR count). The van der Waals surface area contributed by atoms with Gasteiger partial charge in [-0.15, -0.1) is 0 Å². The lowest BCUT2D eigenvalue weighted by Gasteiger charge is -2.21. The molecule has 0 saturated carbocycles. The number of anilines is 1. The topological polar surface area (TPSA) is 81.5 Å². The highest BCUT2D eigenvalue weighted by molar-refractivity contribution is 9.10. The first-order valence-electron chi connectivity index (χ1n) is 5.82. The zero-order valence-electron chi connectivity index (χ0n) is 10.3. The first-order chi connectivity index (χ1) is 8.92. The number of carbonyl (C=O) groups excluding carboxylic acids is 1. The summed E-state index contributed by atoms with van der Waals surface area (Å²) in [5.74, 6) is -0.231. The maximum Gasteiger partial charge on any atom is 0.283 e. The summed E-state index contributed by atoms with van der Waals surface area (Å²) in [5, 5.41) is 13.4. The first-order valence-corrected chi connectivity index (χ1v) is 6.61. The van der Waals surface area contributed by atoms with E-state index in [-0.39, 0.29) is 11.6 Å². The number of carbonyl (C=O) groups is 1. The number of halogens is 1. The van der Waals surface area contributed by atoms with Gasteiger partial charge in [-0.05, 0) is 47.8 Å². The molecule has 1 unspecified atom stereocenters. The Morgan fingerprint density at radius 2 is 2.32 bits per heavy atom.